The zero-order valence-electron chi connectivity index (χ0n) is 60.9. The number of alkyl halides is 9. The average molecular weight is 1660 g/mol. The van der Waals surface area contributed by atoms with Crippen LogP contribution in [0.25, 0.3) is 0 Å². The number of aryl methyl sites for hydroxylation is 3. The number of benzene rings is 6. The first-order chi connectivity index (χ1) is 51.3. The Morgan fingerprint density at radius 3 is 1.16 bits per heavy atom. The number of isocyanates is 1. The number of nitrogens with two attached hydrogens (primary N) is 1. The molecule has 112 heavy (non-hydrogen) atoms. The van der Waals surface area contributed by atoms with Crippen LogP contribution in [-0.4, -0.2) is 132 Å². The highest BCUT2D eigenvalue weighted by molar-refractivity contribution is 6.32. The molecule has 2 aliphatic heterocycles. The van der Waals surface area contributed by atoms with Crippen molar-refractivity contribution >= 4 is 100 Å². The Hall–Kier alpha value is -8.20. The molecule has 2 heterocycles. The number of amides is 2. The lowest BCUT2D eigenvalue weighted by Gasteiger charge is -2.41. The van der Waals surface area contributed by atoms with Gasteiger partial charge in [0.25, 0.3) is 0 Å². The molecule has 0 bridgehead atoms. The van der Waals surface area contributed by atoms with E-state index in [0.29, 0.717) is 97.1 Å². The van der Waals surface area contributed by atoms with E-state index in [0.717, 1.165) is 84.5 Å². The molecule has 3 fully saturated rings. The number of Topliss-reactive ketones (excluding diaryl/α,β-unsaturated/α-hetero) is 3. The molecule has 614 valence electrons. The Morgan fingerprint density at radius 2 is 0.830 bits per heavy atom. The molecular weight excluding hydrogens is 1560 g/mol. The third-order valence-electron chi connectivity index (χ3n) is 19.2. The molecule has 4 N–H and O–H groups in total. The summed E-state index contributed by atoms with van der Waals surface area (Å²) < 4.78 is 129. The van der Waals surface area contributed by atoms with Crippen molar-refractivity contribution in [2.24, 2.45) is 27.0 Å². The van der Waals surface area contributed by atoms with Gasteiger partial charge in [-0.25, -0.2) is 9.59 Å². The molecule has 0 spiro atoms. The zero-order valence-corrected chi connectivity index (χ0v) is 63.9. The van der Waals surface area contributed by atoms with Crippen LogP contribution in [0.3, 0.4) is 0 Å². The number of nitrogens with zero attached hydrogens (tertiary/aromatic N) is 3. The highest BCUT2D eigenvalue weighted by Gasteiger charge is 2.45. The number of halogens is 13. The van der Waals surface area contributed by atoms with Crippen LogP contribution in [0.2, 0.25) is 15.1 Å². The van der Waals surface area contributed by atoms with Crippen molar-refractivity contribution in [1.82, 2.24) is 9.80 Å². The maximum atomic E-state index is 13.5. The van der Waals surface area contributed by atoms with Crippen molar-refractivity contribution < 1.29 is 102 Å². The fraction of sp³-hybridized carbons (Fsp3) is 0.463. The molecule has 0 radical (unpaired) electrons. The van der Waals surface area contributed by atoms with Crippen LogP contribution < -0.4 is 5.73 Å². The van der Waals surface area contributed by atoms with E-state index in [1.165, 1.54) is 35.2 Å². The Bertz CT molecular complexity index is 4060. The van der Waals surface area contributed by atoms with Gasteiger partial charge in [-0.3, -0.25) is 28.8 Å². The van der Waals surface area contributed by atoms with Gasteiger partial charge in [-0.05, 0) is 173 Å². The lowest BCUT2D eigenvalue weighted by Crippen LogP contribution is -2.53. The zero-order chi connectivity index (χ0) is 80.4. The van der Waals surface area contributed by atoms with E-state index in [4.69, 9.17) is 54.7 Å². The van der Waals surface area contributed by atoms with Gasteiger partial charge in [-0.2, -0.15) is 44.5 Å². The average Bonchev–Trinajstić information content (AvgIpc) is 0.796. The van der Waals surface area contributed by atoms with E-state index in [9.17, 15) is 88.1 Å². The molecule has 1 atom stereocenters. The van der Waals surface area contributed by atoms with E-state index in [2.05, 4.69) is 4.99 Å². The van der Waals surface area contributed by atoms with E-state index < -0.39 is 87.6 Å². The van der Waals surface area contributed by atoms with Crippen molar-refractivity contribution in [2.75, 3.05) is 52.6 Å². The van der Waals surface area contributed by atoms with Gasteiger partial charge in [0.1, 0.15) is 42.2 Å². The van der Waals surface area contributed by atoms with Crippen molar-refractivity contribution in [3.05, 3.63) is 205 Å². The Labute approximate surface area is 668 Å². The summed E-state index contributed by atoms with van der Waals surface area (Å²) in [7, 11) is 0. The normalized spacial score (nSPS) is 15.2. The number of rotatable bonds is 24. The van der Waals surface area contributed by atoms with Crippen LogP contribution in [0, 0.1) is 16.2 Å². The van der Waals surface area contributed by atoms with Crippen LogP contribution >= 0.6 is 47.2 Å². The summed E-state index contributed by atoms with van der Waals surface area (Å²) in [6, 6.07) is 33.6. The lowest BCUT2D eigenvalue weighted by atomic mass is 9.70. The fourth-order valence-electron chi connectivity index (χ4n) is 12.6. The number of carbonyl (C=O) groups excluding carboxylic acids is 8. The first-order valence-corrected chi connectivity index (χ1v) is 36.4. The minimum absolute atomic E-state index is 0. The molecule has 2 saturated heterocycles. The number of ether oxygens (including phenoxy) is 3. The number of hydrogen-bond acceptors (Lipinski definition) is 15. The largest absolute Gasteiger partial charge is 0.464 e. The molecule has 3 aliphatic rings. The number of piperidine rings is 2. The Morgan fingerprint density at radius 1 is 0.500 bits per heavy atom. The predicted molar refractivity (Wildman–Crippen MR) is 412 cm³/mol. The first-order valence-electron chi connectivity index (χ1n) is 35.3. The molecular formula is C82H97Cl4F9N4O13. The Kier molecular flexibility index (Phi) is 39.4. The second-order valence-electron chi connectivity index (χ2n) is 28.0. The van der Waals surface area contributed by atoms with Gasteiger partial charge in [0, 0.05) is 60.5 Å². The van der Waals surface area contributed by atoms with Gasteiger partial charge in [0.05, 0.1) is 64.7 Å². The summed E-state index contributed by atoms with van der Waals surface area (Å²) in [6.07, 6.45) is -4.99. The number of hydrogen-bond donors (Lipinski definition) is 3. The summed E-state index contributed by atoms with van der Waals surface area (Å²) in [5, 5.41) is 20.9. The molecule has 9 rings (SSSR count). The van der Waals surface area contributed by atoms with Crippen molar-refractivity contribution in [3.63, 3.8) is 0 Å². The summed E-state index contributed by atoms with van der Waals surface area (Å²) in [4.78, 5) is 105. The van der Waals surface area contributed by atoms with Gasteiger partial charge >= 0.3 is 36.6 Å². The molecule has 1 saturated carbocycles. The maximum Gasteiger partial charge on any atom is 0.416 e. The van der Waals surface area contributed by atoms with Crippen molar-refractivity contribution in [2.45, 2.75) is 175 Å². The minimum Gasteiger partial charge on any atom is -0.464 e. The number of ketones is 3. The van der Waals surface area contributed by atoms with Gasteiger partial charge in [0.2, 0.25) is 12.0 Å². The van der Waals surface area contributed by atoms with Crippen LogP contribution in [0.4, 0.5) is 50.0 Å². The molecule has 0 unspecified atom stereocenters. The van der Waals surface area contributed by atoms with E-state index in [-0.39, 0.29) is 121 Å². The molecule has 0 aromatic heterocycles. The topological polar surface area (TPSA) is 250 Å². The molecule has 6 aromatic rings. The number of aliphatic imine (C=N–C) groups is 1. The quantitative estimate of drug-likeness (QED) is 0.0168. The minimum atomic E-state index is -4.48. The first kappa shape index (κ1) is 98.0. The molecule has 17 nitrogen and oxygen atoms in total. The number of aliphatic hydroxyl groups is 2. The number of aliphatic hydroxyl groups excluding tert-OH is 2. The molecule has 30 heteroatoms. The van der Waals surface area contributed by atoms with Gasteiger partial charge in [0.15, 0.2) is 0 Å². The van der Waals surface area contributed by atoms with E-state index in [1.807, 2.05) is 75.4 Å². The molecule has 2 amide bonds. The highest BCUT2D eigenvalue weighted by atomic mass is 35.5. The molecule has 1 aliphatic carbocycles. The molecule has 6 aromatic carbocycles. The standard InChI is InChI=1S/C27H30ClF3N2O5.C25H26ClF3O3.C20H28ClNO4.C8H4F3NO.2CH4.ClH/c28-21-4-2-1-3-19(21)7-10-23(35)26(11-13-33(14-12-26)25(37)22(32)16-34)17-38-24(36)15-18-5-8-20(9-6-18)27(29,30)31;26-21-7-3-2-6-19(21)10-13-22(30)24(14-4-1-5-15-24)17-32-23(31)16-18-8-11-20(12-9-18)25(27,28)29;1-19(2,3)26-18(25)22-12-10-20(14-23,11-13-22)17(24)9-8-15-6-4-5-7-16(15)21;9-8(10,11)6-1-3-7(4-2-6)12-5-13;;;/h1-6,8-9,22,34H,7,10-17,32H2;2-3,6-9,11-12H,1,4-5,10,13-17H2;4-7,23H,8-14H2,1-3H3;1-4H;2*1H4;1H/t22-;;;;;;/m0....../s1. The number of esters is 2. The predicted octanol–water partition coefficient (Wildman–Crippen LogP) is 18.4. The van der Waals surface area contributed by atoms with Crippen LogP contribution in [-0.2, 0) is 98.4 Å². The smallest absolute Gasteiger partial charge is 0.416 e. The van der Waals surface area contributed by atoms with E-state index >= 15 is 0 Å². The fourth-order valence-corrected chi connectivity index (χ4v) is 13.3. The maximum absolute atomic E-state index is 13.5. The SMILES string of the molecule is C.C.CC(C)(C)OC(=O)N1CCC(CO)(C(=O)CCc2ccccc2Cl)CC1.Cl.N[C@@H](CO)C(=O)N1CCC(COC(=O)Cc2ccc(C(F)(F)F)cc2)(C(=O)CCc2ccccc2Cl)CC1.O=C(Cc1ccc(C(F)(F)F)cc1)OCC1(C(=O)CCc2ccccc2Cl)CCCCC1.O=C=Nc1ccc(C(F)(F)F)cc1. The van der Waals surface area contributed by atoms with Gasteiger partial charge in [-0.15, -0.1) is 12.4 Å². The summed E-state index contributed by atoms with van der Waals surface area (Å²) in [5.74, 6) is -1.69. The highest BCUT2D eigenvalue weighted by Crippen LogP contribution is 2.41. The Balaban J connectivity index is 0.000000402. The van der Waals surface area contributed by atoms with E-state index in [1.54, 1.807) is 23.1 Å². The number of carbonyl (C=O) groups is 7. The number of likely N-dealkylation sites (tertiary alicyclic amines) is 2. The second-order valence-corrected chi connectivity index (χ2v) is 29.2. The summed E-state index contributed by atoms with van der Waals surface area (Å²) >= 11 is 18.6. The van der Waals surface area contributed by atoms with Crippen LogP contribution in [0.1, 0.15) is 157 Å². The lowest BCUT2D eigenvalue weighted by molar-refractivity contribution is -0.154. The monoisotopic (exact) mass is 1660 g/mol. The van der Waals surface area contributed by atoms with Gasteiger partial charge in [-0.1, -0.05) is 148 Å². The third kappa shape index (κ3) is 30.3. The van der Waals surface area contributed by atoms with Crippen molar-refractivity contribution in [3.8, 4) is 0 Å². The summed E-state index contributed by atoms with van der Waals surface area (Å²) in [5.41, 5.74) is 3.82. The van der Waals surface area contributed by atoms with Crippen molar-refractivity contribution in [1.29, 1.82) is 0 Å². The van der Waals surface area contributed by atoms with Gasteiger partial charge < -0.3 is 40.0 Å². The summed E-state index contributed by atoms with van der Waals surface area (Å²) in [6.45, 7) is 5.77. The second kappa shape index (κ2) is 45.0. The third-order valence-corrected chi connectivity index (χ3v) is 20.3. The van der Waals surface area contributed by atoms with Crippen LogP contribution in [0.15, 0.2) is 151 Å². The van der Waals surface area contributed by atoms with Crippen LogP contribution in [0.5, 0.6) is 0 Å².